The van der Waals surface area contributed by atoms with E-state index in [-0.39, 0.29) is 10.1 Å². The molecule has 0 radical (unpaired) electrons. The van der Waals surface area contributed by atoms with Gasteiger partial charge >= 0.3 is 0 Å². The summed E-state index contributed by atoms with van der Waals surface area (Å²) in [5.74, 6) is -0.299. The highest BCUT2D eigenvalue weighted by Crippen LogP contribution is 2.19. The Labute approximate surface area is 87.5 Å². The lowest BCUT2D eigenvalue weighted by atomic mass is 10.2. The van der Waals surface area contributed by atoms with Crippen molar-refractivity contribution in [2.75, 3.05) is 5.75 Å². The van der Waals surface area contributed by atoms with Crippen LogP contribution in [0.5, 0.6) is 0 Å². The molecule has 6 heteroatoms. The van der Waals surface area contributed by atoms with Gasteiger partial charge in [-0.2, -0.15) is 0 Å². The summed E-state index contributed by atoms with van der Waals surface area (Å²) >= 11 is 1.09. The van der Waals surface area contributed by atoms with Crippen molar-refractivity contribution in [2.24, 2.45) is 0 Å². The second-order valence-corrected chi connectivity index (χ2v) is 6.85. The Morgan fingerprint density at radius 2 is 2.14 bits per heavy atom. The zero-order valence-corrected chi connectivity index (χ0v) is 9.94. The quantitative estimate of drug-likeness (QED) is 0.848. The van der Waals surface area contributed by atoms with Crippen LogP contribution in [0.15, 0.2) is 9.72 Å². The van der Waals surface area contributed by atoms with Gasteiger partial charge in [0.15, 0.2) is 0 Å². The molecule has 4 nitrogen and oxygen atoms in total. The van der Waals surface area contributed by atoms with Crippen molar-refractivity contribution in [3.8, 4) is 0 Å². The van der Waals surface area contributed by atoms with Gasteiger partial charge in [0.2, 0.25) is 14.2 Å². The molecular weight excluding hydrogens is 222 g/mol. The number of nitrogens with zero attached hydrogens (tertiary/aromatic N) is 1. The van der Waals surface area contributed by atoms with Crippen LogP contribution in [0.4, 0.5) is 0 Å². The highest BCUT2D eigenvalue weighted by molar-refractivity contribution is 7.93. The van der Waals surface area contributed by atoms with E-state index in [1.54, 1.807) is 12.3 Å². The Hall–Kier alpha value is -0.460. The zero-order chi connectivity index (χ0) is 11.0. The fourth-order valence-electron chi connectivity index (χ4n) is 1.00. The standard InChI is InChI=1S/C8H13NO3S2/c1-6-4-13-7(9-6)14(11,12)5-8(2,3)10/h4,10H,5H2,1-3H3. The molecule has 0 spiro atoms. The van der Waals surface area contributed by atoms with Crippen molar-refractivity contribution in [3.05, 3.63) is 11.1 Å². The van der Waals surface area contributed by atoms with E-state index in [1.807, 2.05) is 0 Å². The van der Waals surface area contributed by atoms with E-state index < -0.39 is 15.4 Å². The van der Waals surface area contributed by atoms with Crippen LogP contribution in [0.25, 0.3) is 0 Å². The van der Waals surface area contributed by atoms with Gasteiger partial charge in [0.05, 0.1) is 11.4 Å². The normalized spacial score (nSPS) is 13.1. The lowest BCUT2D eigenvalue weighted by molar-refractivity contribution is 0.105. The monoisotopic (exact) mass is 235 g/mol. The molecule has 0 aromatic carbocycles. The molecular formula is C8H13NO3S2. The number of aliphatic hydroxyl groups is 1. The van der Waals surface area contributed by atoms with Crippen molar-refractivity contribution >= 4 is 21.2 Å². The molecule has 1 heterocycles. The van der Waals surface area contributed by atoms with E-state index in [9.17, 15) is 13.5 Å². The van der Waals surface area contributed by atoms with Crippen LogP contribution < -0.4 is 0 Å². The predicted octanol–water partition coefficient (Wildman–Crippen LogP) is 0.996. The van der Waals surface area contributed by atoms with Crippen molar-refractivity contribution < 1.29 is 13.5 Å². The number of thiazole rings is 1. The summed E-state index contributed by atoms with van der Waals surface area (Å²) in [6.07, 6.45) is 0. The predicted molar refractivity (Wildman–Crippen MR) is 55.2 cm³/mol. The zero-order valence-electron chi connectivity index (χ0n) is 8.31. The lowest BCUT2D eigenvalue weighted by Crippen LogP contribution is -2.30. The lowest BCUT2D eigenvalue weighted by Gasteiger charge is -2.15. The maximum atomic E-state index is 11.6. The molecule has 1 rings (SSSR count). The Balaban J connectivity index is 2.98. The van der Waals surface area contributed by atoms with Gasteiger partial charge in [-0.05, 0) is 20.8 Å². The van der Waals surface area contributed by atoms with Crippen molar-refractivity contribution in [3.63, 3.8) is 0 Å². The summed E-state index contributed by atoms with van der Waals surface area (Å²) in [4.78, 5) is 3.89. The number of hydrogen-bond donors (Lipinski definition) is 1. The Kier molecular flexibility index (Phi) is 2.99. The molecule has 0 aliphatic rings. The maximum absolute atomic E-state index is 11.6. The molecule has 0 amide bonds. The molecule has 0 aliphatic carbocycles. The average Bonchev–Trinajstić information content (AvgIpc) is 2.29. The molecule has 0 saturated heterocycles. The fourth-order valence-corrected chi connectivity index (χ4v) is 3.77. The number of sulfone groups is 1. The fraction of sp³-hybridized carbons (Fsp3) is 0.625. The van der Waals surface area contributed by atoms with Crippen LogP contribution in [-0.2, 0) is 9.84 Å². The molecule has 1 aromatic rings. The second kappa shape index (κ2) is 3.60. The van der Waals surface area contributed by atoms with E-state index in [0.29, 0.717) is 5.69 Å². The van der Waals surface area contributed by atoms with Gasteiger partial charge in [-0.25, -0.2) is 13.4 Å². The minimum Gasteiger partial charge on any atom is -0.389 e. The molecule has 0 fully saturated rings. The third-order valence-electron chi connectivity index (χ3n) is 1.41. The SMILES string of the molecule is Cc1csc(S(=O)(=O)CC(C)(C)O)n1. The van der Waals surface area contributed by atoms with Crippen LogP contribution in [0.3, 0.4) is 0 Å². The van der Waals surface area contributed by atoms with Crippen molar-refractivity contribution in [1.82, 2.24) is 4.98 Å². The third-order valence-corrected chi connectivity index (χ3v) is 4.92. The average molecular weight is 235 g/mol. The first-order chi connectivity index (χ1) is 6.21. The van der Waals surface area contributed by atoms with Gasteiger partial charge < -0.3 is 5.11 Å². The summed E-state index contributed by atoms with van der Waals surface area (Å²) in [7, 11) is -3.44. The molecule has 1 N–H and O–H groups in total. The van der Waals surface area contributed by atoms with Crippen molar-refractivity contribution in [1.29, 1.82) is 0 Å². The highest BCUT2D eigenvalue weighted by Gasteiger charge is 2.27. The highest BCUT2D eigenvalue weighted by atomic mass is 32.2. The molecule has 0 saturated carbocycles. The first kappa shape index (κ1) is 11.6. The Morgan fingerprint density at radius 3 is 2.50 bits per heavy atom. The van der Waals surface area contributed by atoms with E-state index in [4.69, 9.17) is 0 Å². The minimum absolute atomic E-state index is 0.0807. The van der Waals surface area contributed by atoms with Crippen LogP contribution in [-0.4, -0.2) is 29.9 Å². The van der Waals surface area contributed by atoms with Crippen LogP contribution in [0, 0.1) is 6.92 Å². The smallest absolute Gasteiger partial charge is 0.209 e. The first-order valence-electron chi connectivity index (χ1n) is 4.08. The molecule has 14 heavy (non-hydrogen) atoms. The van der Waals surface area contributed by atoms with Crippen LogP contribution in [0.2, 0.25) is 0 Å². The topological polar surface area (TPSA) is 67.3 Å². The molecule has 0 atom stereocenters. The molecule has 0 bridgehead atoms. The number of rotatable bonds is 3. The first-order valence-corrected chi connectivity index (χ1v) is 6.61. The van der Waals surface area contributed by atoms with Gasteiger partial charge in [-0.3, -0.25) is 0 Å². The van der Waals surface area contributed by atoms with Crippen LogP contribution >= 0.6 is 11.3 Å². The number of hydrogen-bond acceptors (Lipinski definition) is 5. The summed E-state index contributed by atoms with van der Waals surface area (Å²) in [5, 5.41) is 11.1. The number of aryl methyl sites for hydroxylation is 1. The minimum atomic E-state index is -3.44. The van der Waals surface area contributed by atoms with Crippen molar-refractivity contribution in [2.45, 2.75) is 30.7 Å². The molecule has 0 unspecified atom stereocenters. The second-order valence-electron chi connectivity index (χ2n) is 3.83. The Morgan fingerprint density at radius 1 is 1.57 bits per heavy atom. The van der Waals surface area contributed by atoms with E-state index in [0.717, 1.165) is 11.3 Å². The van der Waals surface area contributed by atoms with E-state index in [1.165, 1.54) is 13.8 Å². The van der Waals surface area contributed by atoms with Gasteiger partial charge in [0.25, 0.3) is 0 Å². The Bertz CT molecular complexity index is 414. The number of aromatic nitrogens is 1. The van der Waals surface area contributed by atoms with Gasteiger partial charge in [0, 0.05) is 11.1 Å². The largest absolute Gasteiger partial charge is 0.389 e. The molecule has 80 valence electrons. The van der Waals surface area contributed by atoms with Crippen LogP contribution in [0.1, 0.15) is 19.5 Å². The summed E-state index contributed by atoms with van der Waals surface area (Å²) < 4.78 is 23.4. The molecule has 1 aromatic heterocycles. The maximum Gasteiger partial charge on any atom is 0.209 e. The van der Waals surface area contributed by atoms with Gasteiger partial charge in [0.1, 0.15) is 0 Å². The summed E-state index contributed by atoms with van der Waals surface area (Å²) in [6.45, 7) is 4.66. The van der Waals surface area contributed by atoms with Gasteiger partial charge in [-0.15, -0.1) is 11.3 Å². The summed E-state index contributed by atoms with van der Waals surface area (Å²) in [5.41, 5.74) is -0.539. The van der Waals surface area contributed by atoms with Gasteiger partial charge in [-0.1, -0.05) is 0 Å². The summed E-state index contributed by atoms with van der Waals surface area (Å²) in [6, 6.07) is 0. The molecule has 0 aliphatic heterocycles. The van der Waals surface area contributed by atoms with E-state index >= 15 is 0 Å². The van der Waals surface area contributed by atoms with E-state index in [2.05, 4.69) is 4.98 Å². The third kappa shape index (κ3) is 3.04.